The van der Waals surface area contributed by atoms with Crippen LogP contribution >= 0.6 is 23.2 Å². The van der Waals surface area contributed by atoms with Gasteiger partial charge < -0.3 is 18.4 Å². The van der Waals surface area contributed by atoms with E-state index in [0.717, 1.165) is 25.9 Å². The van der Waals surface area contributed by atoms with E-state index in [2.05, 4.69) is 39.3 Å². The van der Waals surface area contributed by atoms with Crippen LogP contribution in [0.1, 0.15) is 19.8 Å². The first-order valence-electron chi connectivity index (χ1n) is 9.39. The summed E-state index contributed by atoms with van der Waals surface area (Å²) in [4.78, 5) is 21.6. The average Bonchev–Trinajstić information content (AvgIpc) is 2.97. The summed E-state index contributed by atoms with van der Waals surface area (Å²) >= 11 is 9.53. The Labute approximate surface area is 176 Å². The van der Waals surface area contributed by atoms with Crippen molar-refractivity contribution in [2.75, 3.05) is 18.6 Å². The second kappa shape index (κ2) is 12.6. The van der Waals surface area contributed by atoms with Crippen molar-refractivity contribution in [3.05, 3.63) is 0 Å². The predicted molar refractivity (Wildman–Crippen MR) is 116 cm³/mol. The zero-order chi connectivity index (χ0) is 21.3. The number of halogens is 2. The molecule has 9 heteroatoms. The van der Waals surface area contributed by atoms with Crippen molar-refractivity contribution < 1.29 is 23.2 Å². The van der Waals surface area contributed by atoms with Gasteiger partial charge in [0, 0.05) is 11.8 Å². The van der Waals surface area contributed by atoms with E-state index < -0.39 is 16.6 Å². The number of carbonyl (C=O) groups excluding carboxylic acids is 2. The van der Waals surface area contributed by atoms with Crippen LogP contribution in [0.3, 0.4) is 0 Å². The van der Waals surface area contributed by atoms with E-state index in [4.69, 9.17) is 36.8 Å². The first-order chi connectivity index (χ1) is 12.3. The minimum atomic E-state index is -1.32. The zero-order valence-electron chi connectivity index (χ0n) is 17.7. The maximum absolute atomic E-state index is 10.9. The molecule has 1 aliphatic carbocycles. The molecule has 160 valence electrons. The second-order valence-corrected chi connectivity index (χ2v) is 18.7. The monoisotopic (exact) mass is 458 g/mol. The molecule has 2 aliphatic rings. The number of ether oxygens (including phenoxy) is 1. The summed E-state index contributed by atoms with van der Waals surface area (Å²) in [6, 6.07) is 0. The molecule has 1 heterocycles. The SMILES string of the molecule is C[C@@H]1CC2OC(=O)C[C@@H]2[C@H]1C=O.C[Si](C)(C)OCCO[Si](C)(C)C.ClCCl. The molecular weight excluding hydrogens is 423 g/mol. The lowest BCUT2D eigenvalue weighted by Crippen LogP contribution is -2.31. The van der Waals surface area contributed by atoms with E-state index >= 15 is 0 Å². The largest absolute Gasteiger partial charge is 0.462 e. The third-order valence-corrected chi connectivity index (χ3v) is 6.37. The standard InChI is InChI=1S/C9H12O3.C8H22O2Si2.CH2Cl2/c1-5-2-8-6(7(5)4-10)3-9(11)12-8;1-11(2,3)9-7-8-10-12(4,5)6;2-1-3/h4-8H,2-3H2,1H3;7-8H2,1-6H3;1H2/t5-,6-,7+,8?;;/m1../s1. The highest BCUT2D eigenvalue weighted by atomic mass is 35.5. The number of hydrogen-bond acceptors (Lipinski definition) is 5. The van der Waals surface area contributed by atoms with Crippen LogP contribution in [-0.2, 0) is 23.2 Å². The number of carbonyl (C=O) groups is 2. The topological polar surface area (TPSA) is 61.8 Å². The molecule has 4 atom stereocenters. The van der Waals surface area contributed by atoms with Crippen molar-refractivity contribution in [3.63, 3.8) is 0 Å². The maximum Gasteiger partial charge on any atom is 0.306 e. The van der Waals surface area contributed by atoms with Crippen LogP contribution < -0.4 is 0 Å². The number of fused-ring (bicyclic) bond motifs is 1. The lowest BCUT2D eigenvalue weighted by atomic mass is 9.90. The smallest absolute Gasteiger partial charge is 0.306 e. The molecule has 0 aromatic heterocycles. The molecule has 0 N–H and O–H groups in total. The third-order valence-electron chi connectivity index (χ3n) is 4.23. The van der Waals surface area contributed by atoms with Crippen molar-refractivity contribution in [1.29, 1.82) is 0 Å². The summed E-state index contributed by atoms with van der Waals surface area (Å²) in [6.45, 7) is 16.8. The Morgan fingerprint density at radius 3 is 1.89 bits per heavy atom. The minimum Gasteiger partial charge on any atom is -0.462 e. The molecule has 0 aromatic carbocycles. The molecule has 1 unspecified atom stereocenters. The Kier molecular flexibility index (Phi) is 12.6. The summed E-state index contributed by atoms with van der Waals surface area (Å²) in [6.07, 6.45) is 2.32. The molecule has 1 saturated carbocycles. The van der Waals surface area contributed by atoms with Gasteiger partial charge in [-0.25, -0.2) is 0 Å². The van der Waals surface area contributed by atoms with Crippen LogP contribution in [0, 0.1) is 17.8 Å². The zero-order valence-corrected chi connectivity index (χ0v) is 21.2. The van der Waals surface area contributed by atoms with Crippen molar-refractivity contribution in [2.24, 2.45) is 17.8 Å². The maximum atomic E-state index is 10.9. The molecule has 2 rings (SSSR count). The Balaban J connectivity index is 0.000000438. The Bertz CT molecular complexity index is 436. The van der Waals surface area contributed by atoms with E-state index in [-0.39, 0.29) is 29.2 Å². The summed E-state index contributed by atoms with van der Waals surface area (Å²) in [7, 11) is -2.64. The molecule has 0 aromatic rings. The van der Waals surface area contributed by atoms with E-state index in [9.17, 15) is 9.59 Å². The van der Waals surface area contributed by atoms with Gasteiger partial charge in [-0.3, -0.25) is 4.79 Å². The highest BCUT2D eigenvalue weighted by Crippen LogP contribution is 2.43. The molecule has 1 saturated heterocycles. The molecule has 2 fully saturated rings. The second-order valence-electron chi connectivity index (χ2n) is 8.85. The van der Waals surface area contributed by atoms with Gasteiger partial charge in [0.2, 0.25) is 0 Å². The van der Waals surface area contributed by atoms with Crippen LogP contribution in [0.2, 0.25) is 39.3 Å². The van der Waals surface area contributed by atoms with Crippen molar-refractivity contribution in [2.45, 2.75) is 65.2 Å². The number of alkyl halides is 2. The fourth-order valence-corrected chi connectivity index (χ4v) is 4.50. The van der Waals surface area contributed by atoms with Gasteiger partial charge in [-0.15, -0.1) is 23.2 Å². The van der Waals surface area contributed by atoms with E-state index in [1.54, 1.807) is 0 Å². The first-order valence-corrected chi connectivity index (χ1v) is 17.3. The normalized spacial score (nSPS) is 26.9. The molecular formula is C18H36Cl2O5Si2. The van der Waals surface area contributed by atoms with Gasteiger partial charge >= 0.3 is 5.97 Å². The fraction of sp³-hybridized carbons (Fsp3) is 0.889. The van der Waals surface area contributed by atoms with Gasteiger partial charge in [-0.05, 0) is 51.6 Å². The number of hydrogen-bond donors (Lipinski definition) is 0. The molecule has 0 amide bonds. The molecule has 0 spiro atoms. The van der Waals surface area contributed by atoms with E-state index in [1.165, 1.54) is 0 Å². The molecule has 0 radical (unpaired) electrons. The van der Waals surface area contributed by atoms with Crippen LogP contribution in [0.25, 0.3) is 0 Å². The highest BCUT2D eigenvalue weighted by Gasteiger charge is 2.48. The van der Waals surface area contributed by atoms with Gasteiger partial charge in [-0.1, -0.05) is 6.92 Å². The van der Waals surface area contributed by atoms with Gasteiger partial charge in [-0.2, -0.15) is 0 Å². The molecule has 5 nitrogen and oxygen atoms in total. The highest BCUT2D eigenvalue weighted by molar-refractivity contribution is 6.70. The van der Waals surface area contributed by atoms with Crippen molar-refractivity contribution in [1.82, 2.24) is 0 Å². The van der Waals surface area contributed by atoms with Gasteiger partial charge in [0.25, 0.3) is 0 Å². The van der Waals surface area contributed by atoms with Crippen LogP contribution in [0.15, 0.2) is 0 Å². The van der Waals surface area contributed by atoms with Crippen LogP contribution in [0.4, 0.5) is 0 Å². The lowest BCUT2D eigenvalue weighted by Gasteiger charge is -2.21. The number of rotatable bonds is 6. The first kappa shape index (κ1) is 27.1. The summed E-state index contributed by atoms with van der Waals surface area (Å²) in [5, 5.41) is 0.194. The van der Waals surface area contributed by atoms with Gasteiger partial charge in [0.1, 0.15) is 12.4 Å². The summed E-state index contributed by atoms with van der Waals surface area (Å²) in [5.74, 6) is 0.459. The van der Waals surface area contributed by atoms with Crippen LogP contribution in [0.5, 0.6) is 0 Å². The van der Waals surface area contributed by atoms with Gasteiger partial charge in [0.15, 0.2) is 16.6 Å². The Morgan fingerprint density at radius 2 is 1.52 bits per heavy atom. The number of esters is 1. The number of aldehydes is 1. The van der Waals surface area contributed by atoms with E-state index in [0.29, 0.717) is 12.3 Å². The third kappa shape index (κ3) is 12.3. The van der Waals surface area contributed by atoms with Crippen LogP contribution in [-0.4, -0.2) is 53.5 Å². The Hall–Kier alpha value is 0.0738. The van der Waals surface area contributed by atoms with E-state index in [1.807, 2.05) is 6.92 Å². The quantitative estimate of drug-likeness (QED) is 0.186. The molecule has 27 heavy (non-hydrogen) atoms. The molecule has 0 bridgehead atoms. The lowest BCUT2D eigenvalue weighted by molar-refractivity contribution is -0.141. The summed E-state index contributed by atoms with van der Waals surface area (Å²) in [5.41, 5.74) is 0. The minimum absolute atomic E-state index is 0.0303. The Morgan fingerprint density at radius 1 is 1.07 bits per heavy atom. The predicted octanol–water partition coefficient (Wildman–Crippen LogP) is 4.88. The van der Waals surface area contributed by atoms with Crippen molar-refractivity contribution in [3.8, 4) is 0 Å². The fourth-order valence-electron chi connectivity index (χ4n) is 3.11. The molecule has 1 aliphatic heterocycles. The van der Waals surface area contributed by atoms with Gasteiger partial charge in [0.05, 0.1) is 25.0 Å². The summed E-state index contributed by atoms with van der Waals surface area (Å²) < 4.78 is 16.4. The van der Waals surface area contributed by atoms with Crippen molar-refractivity contribution >= 4 is 52.1 Å². The average molecular weight is 460 g/mol.